The van der Waals surface area contributed by atoms with Gasteiger partial charge in [0.15, 0.2) is 0 Å². The maximum Gasteiger partial charge on any atom is 0.126 e. The normalized spacial score (nSPS) is 18.9. The number of nitrogens with zero attached hydrogens (tertiary/aromatic N) is 4. The van der Waals surface area contributed by atoms with E-state index >= 15 is 0 Å². The van der Waals surface area contributed by atoms with Crippen molar-refractivity contribution >= 4 is 5.82 Å². The zero-order valence-corrected chi connectivity index (χ0v) is 11.4. The van der Waals surface area contributed by atoms with Gasteiger partial charge >= 0.3 is 0 Å². The number of hydrogen-bond donors (Lipinski definition) is 0. The lowest BCUT2D eigenvalue weighted by atomic mass is 10.0. The third-order valence-corrected chi connectivity index (χ3v) is 3.68. The maximum absolute atomic E-state index is 4.49. The lowest BCUT2D eigenvalue weighted by Crippen LogP contribution is -2.39. The summed E-state index contributed by atoms with van der Waals surface area (Å²) >= 11 is 0. The Hall–Kier alpha value is -1.03. The monoisotopic (exact) mass is 236 g/mol. The zero-order valence-electron chi connectivity index (χ0n) is 11.4. The predicted molar refractivity (Wildman–Crippen MR) is 71.5 cm³/mol. The van der Waals surface area contributed by atoms with Crippen LogP contribution in [0.25, 0.3) is 0 Å². The number of anilines is 1. The molecule has 1 saturated heterocycles. The fourth-order valence-corrected chi connectivity index (χ4v) is 2.59. The number of hydrogen-bond acceptors (Lipinski definition) is 3. The highest BCUT2D eigenvalue weighted by molar-refractivity contribution is 5.36. The van der Waals surface area contributed by atoms with Crippen LogP contribution < -0.4 is 4.90 Å². The molecule has 4 nitrogen and oxygen atoms in total. The van der Waals surface area contributed by atoms with E-state index in [-0.39, 0.29) is 0 Å². The summed E-state index contributed by atoms with van der Waals surface area (Å²) in [4.78, 5) is 4.69. The maximum atomic E-state index is 4.49. The van der Waals surface area contributed by atoms with Gasteiger partial charge < -0.3 is 9.80 Å². The second-order valence-corrected chi connectivity index (χ2v) is 5.39. The van der Waals surface area contributed by atoms with Crippen LogP contribution in [0.3, 0.4) is 0 Å². The molecule has 1 aliphatic rings. The standard InChI is InChI=1S/C13H24N4/c1-11(2)16-9-6-12(7-10-16)17-13(15(3)4)5-8-14-17/h5,8,11-12H,6-7,9-10H2,1-4H3. The van der Waals surface area contributed by atoms with E-state index in [1.165, 1.54) is 31.7 Å². The molecule has 0 N–H and O–H groups in total. The molecule has 17 heavy (non-hydrogen) atoms. The second kappa shape index (κ2) is 5.08. The average molecular weight is 236 g/mol. The summed E-state index contributed by atoms with van der Waals surface area (Å²) in [6.45, 7) is 6.93. The number of rotatable bonds is 3. The summed E-state index contributed by atoms with van der Waals surface area (Å²) < 4.78 is 2.19. The molecule has 0 saturated carbocycles. The van der Waals surface area contributed by atoms with E-state index in [4.69, 9.17) is 0 Å². The minimum atomic E-state index is 0.567. The number of aromatic nitrogens is 2. The molecule has 4 heteroatoms. The van der Waals surface area contributed by atoms with Crippen LogP contribution >= 0.6 is 0 Å². The van der Waals surface area contributed by atoms with Crippen LogP contribution in [0.1, 0.15) is 32.7 Å². The van der Waals surface area contributed by atoms with Gasteiger partial charge in [0, 0.05) is 39.3 Å². The minimum absolute atomic E-state index is 0.567. The van der Waals surface area contributed by atoms with Crippen molar-refractivity contribution in [3.8, 4) is 0 Å². The van der Waals surface area contributed by atoms with Crippen LogP contribution in [0.5, 0.6) is 0 Å². The van der Waals surface area contributed by atoms with Gasteiger partial charge in [-0.2, -0.15) is 5.10 Å². The van der Waals surface area contributed by atoms with Gasteiger partial charge in [0.25, 0.3) is 0 Å². The average Bonchev–Trinajstić information content (AvgIpc) is 2.78. The van der Waals surface area contributed by atoms with E-state index in [2.05, 4.69) is 53.6 Å². The third-order valence-electron chi connectivity index (χ3n) is 3.68. The van der Waals surface area contributed by atoms with E-state index in [9.17, 15) is 0 Å². The molecule has 1 aromatic heterocycles. The van der Waals surface area contributed by atoms with Crippen LogP contribution in [0.15, 0.2) is 12.3 Å². The first-order valence-corrected chi connectivity index (χ1v) is 6.54. The largest absolute Gasteiger partial charge is 0.363 e. The van der Waals surface area contributed by atoms with E-state index in [1.54, 1.807) is 0 Å². The first kappa shape index (κ1) is 12.4. The topological polar surface area (TPSA) is 24.3 Å². The van der Waals surface area contributed by atoms with Gasteiger partial charge in [-0.25, -0.2) is 4.68 Å². The summed E-state index contributed by atoms with van der Waals surface area (Å²) in [5, 5.41) is 4.49. The molecule has 0 bridgehead atoms. The Kier molecular flexibility index (Phi) is 3.72. The first-order chi connectivity index (χ1) is 8.09. The van der Waals surface area contributed by atoms with Crippen molar-refractivity contribution < 1.29 is 0 Å². The highest BCUT2D eigenvalue weighted by Gasteiger charge is 2.24. The van der Waals surface area contributed by atoms with Crippen molar-refractivity contribution in [2.24, 2.45) is 0 Å². The lowest BCUT2D eigenvalue weighted by molar-refractivity contribution is 0.147. The fourth-order valence-electron chi connectivity index (χ4n) is 2.59. The van der Waals surface area contributed by atoms with Crippen molar-refractivity contribution in [1.82, 2.24) is 14.7 Å². The molecule has 0 radical (unpaired) electrons. The summed E-state index contributed by atoms with van der Waals surface area (Å²) in [6.07, 6.45) is 4.32. The van der Waals surface area contributed by atoms with E-state index in [0.717, 1.165) is 0 Å². The number of piperidine rings is 1. The lowest BCUT2D eigenvalue weighted by Gasteiger charge is -2.35. The Labute approximate surface area is 104 Å². The molecule has 1 aliphatic heterocycles. The first-order valence-electron chi connectivity index (χ1n) is 6.54. The highest BCUT2D eigenvalue weighted by Crippen LogP contribution is 2.26. The molecule has 96 valence electrons. The van der Waals surface area contributed by atoms with Gasteiger partial charge in [0.1, 0.15) is 5.82 Å². The molecule has 0 spiro atoms. The molecular weight excluding hydrogens is 212 g/mol. The molecular formula is C13H24N4. The van der Waals surface area contributed by atoms with Crippen LogP contribution in [-0.2, 0) is 0 Å². The summed E-state index contributed by atoms with van der Waals surface area (Å²) in [6, 6.07) is 3.33. The van der Waals surface area contributed by atoms with Crippen molar-refractivity contribution in [3.63, 3.8) is 0 Å². The van der Waals surface area contributed by atoms with Gasteiger partial charge in [-0.15, -0.1) is 0 Å². The molecule has 2 heterocycles. The summed E-state index contributed by atoms with van der Waals surface area (Å²) in [5.74, 6) is 1.22. The minimum Gasteiger partial charge on any atom is -0.363 e. The van der Waals surface area contributed by atoms with Gasteiger partial charge in [-0.1, -0.05) is 0 Å². The molecule has 0 unspecified atom stereocenters. The number of likely N-dealkylation sites (tertiary alicyclic amines) is 1. The van der Waals surface area contributed by atoms with Gasteiger partial charge in [-0.05, 0) is 26.7 Å². The molecule has 0 amide bonds. The fraction of sp³-hybridized carbons (Fsp3) is 0.769. The van der Waals surface area contributed by atoms with Gasteiger partial charge in [0.2, 0.25) is 0 Å². The van der Waals surface area contributed by atoms with E-state index in [0.29, 0.717) is 12.1 Å². The third kappa shape index (κ3) is 2.63. The zero-order chi connectivity index (χ0) is 12.4. The Morgan fingerprint density at radius 1 is 1.29 bits per heavy atom. The molecule has 0 atom stereocenters. The van der Waals surface area contributed by atoms with Crippen molar-refractivity contribution in [1.29, 1.82) is 0 Å². The predicted octanol–water partition coefficient (Wildman–Crippen LogP) is 1.99. The van der Waals surface area contributed by atoms with E-state index in [1.807, 2.05) is 6.20 Å². The van der Waals surface area contributed by atoms with Crippen LogP contribution in [0.4, 0.5) is 5.82 Å². The summed E-state index contributed by atoms with van der Waals surface area (Å²) in [5.41, 5.74) is 0. The quantitative estimate of drug-likeness (QED) is 0.802. The molecule has 1 aromatic rings. The van der Waals surface area contributed by atoms with Crippen molar-refractivity contribution in [2.45, 2.75) is 38.8 Å². The Morgan fingerprint density at radius 3 is 2.47 bits per heavy atom. The molecule has 0 aliphatic carbocycles. The van der Waals surface area contributed by atoms with Crippen molar-refractivity contribution in [2.75, 3.05) is 32.1 Å². The smallest absolute Gasteiger partial charge is 0.126 e. The summed E-state index contributed by atoms with van der Waals surface area (Å²) in [7, 11) is 4.16. The highest BCUT2D eigenvalue weighted by atomic mass is 15.4. The molecule has 0 aromatic carbocycles. The SMILES string of the molecule is CC(C)N1CCC(n2nccc2N(C)C)CC1. The van der Waals surface area contributed by atoms with Gasteiger partial charge in [-0.3, -0.25) is 0 Å². The van der Waals surface area contributed by atoms with Crippen LogP contribution in [0, 0.1) is 0 Å². The van der Waals surface area contributed by atoms with Crippen molar-refractivity contribution in [3.05, 3.63) is 12.3 Å². The Bertz CT molecular complexity index is 348. The van der Waals surface area contributed by atoms with E-state index < -0.39 is 0 Å². The second-order valence-electron chi connectivity index (χ2n) is 5.39. The van der Waals surface area contributed by atoms with Crippen LogP contribution in [-0.4, -0.2) is 47.9 Å². The molecule has 2 rings (SSSR count). The Morgan fingerprint density at radius 2 is 1.94 bits per heavy atom. The van der Waals surface area contributed by atoms with Gasteiger partial charge in [0.05, 0.1) is 12.2 Å². The van der Waals surface area contributed by atoms with Crippen LogP contribution in [0.2, 0.25) is 0 Å². The Balaban J connectivity index is 2.03. The molecule has 1 fully saturated rings.